The molecule has 0 aliphatic carbocycles. The van der Waals surface area contributed by atoms with E-state index in [9.17, 15) is 29.1 Å². The average Bonchev–Trinajstić information content (AvgIpc) is 3.30. The predicted octanol–water partition coefficient (Wildman–Crippen LogP) is -4.32. The molecule has 0 spiro atoms. The van der Waals surface area contributed by atoms with Crippen molar-refractivity contribution in [2.75, 3.05) is 12.3 Å². The highest BCUT2D eigenvalue weighted by molar-refractivity contribution is 7.80. The summed E-state index contributed by atoms with van der Waals surface area (Å²) in [5.41, 5.74) is 21.6. The van der Waals surface area contributed by atoms with Gasteiger partial charge in [0.05, 0.1) is 18.8 Å². The van der Waals surface area contributed by atoms with Gasteiger partial charge in [-0.3, -0.25) is 24.2 Å². The summed E-state index contributed by atoms with van der Waals surface area (Å²) in [4.78, 5) is 71.0. The molecule has 1 rings (SSSR count). The smallest absolute Gasteiger partial charge is 0.326 e. The van der Waals surface area contributed by atoms with Gasteiger partial charge in [-0.05, 0) is 12.8 Å². The topological polar surface area (TPSA) is 287 Å². The summed E-state index contributed by atoms with van der Waals surface area (Å²) in [7, 11) is 0. The average molecular weight is 529 g/mol. The molecular formula is C19H32N10O6S. The van der Waals surface area contributed by atoms with Gasteiger partial charge in [-0.1, -0.05) is 0 Å². The number of nitrogens with zero attached hydrogens (tertiary/aromatic N) is 2. The Labute approximate surface area is 211 Å². The second-order valence-electron chi connectivity index (χ2n) is 7.71. The maximum atomic E-state index is 13.0. The fourth-order valence-electron chi connectivity index (χ4n) is 2.91. The molecule has 0 aromatic carbocycles. The van der Waals surface area contributed by atoms with Gasteiger partial charge in [-0.2, -0.15) is 12.6 Å². The first-order valence-corrected chi connectivity index (χ1v) is 11.4. The van der Waals surface area contributed by atoms with Gasteiger partial charge in [-0.25, -0.2) is 9.78 Å². The molecule has 0 saturated heterocycles. The van der Waals surface area contributed by atoms with E-state index in [0.717, 1.165) is 0 Å². The minimum Gasteiger partial charge on any atom is -0.480 e. The number of thiol groups is 1. The highest BCUT2D eigenvalue weighted by Gasteiger charge is 2.30. The lowest BCUT2D eigenvalue weighted by atomic mass is 10.1. The zero-order chi connectivity index (χ0) is 27.3. The number of nitrogens with one attached hydrogen (secondary N) is 4. The van der Waals surface area contributed by atoms with Gasteiger partial charge in [-0.15, -0.1) is 0 Å². The molecule has 1 aromatic heterocycles. The molecule has 4 unspecified atom stereocenters. The van der Waals surface area contributed by atoms with E-state index in [1.54, 1.807) is 0 Å². The summed E-state index contributed by atoms with van der Waals surface area (Å²) in [6.07, 6.45) is 2.61. The third-order valence-corrected chi connectivity index (χ3v) is 5.11. The third-order valence-electron chi connectivity index (χ3n) is 4.75. The molecule has 17 heteroatoms. The number of imidazole rings is 1. The number of hydrogen-bond acceptors (Lipinski definition) is 9. The second-order valence-corrected chi connectivity index (χ2v) is 8.08. The number of nitrogens with two attached hydrogens (primary N) is 4. The molecule has 1 aromatic rings. The lowest BCUT2D eigenvalue weighted by Gasteiger charge is -2.24. The minimum atomic E-state index is -1.29. The largest absolute Gasteiger partial charge is 0.480 e. The van der Waals surface area contributed by atoms with E-state index in [1.165, 1.54) is 12.5 Å². The Hall–Kier alpha value is -3.86. The number of H-pyrrole nitrogens is 1. The first kappa shape index (κ1) is 30.2. The van der Waals surface area contributed by atoms with Gasteiger partial charge < -0.3 is 49.0 Å². The van der Waals surface area contributed by atoms with E-state index < -0.39 is 60.2 Å². The first-order chi connectivity index (χ1) is 16.9. The van der Waals surface area contributed by atoms with Crippen molar-refractivity contribution in [1.29, 1.82) is 0 Å². The monoisotopic (exact) mass is 528 g/mol. The number of hydrogen-bond donors (Lipinski definition) is 10. The lowest BCUT2D eigenvalue weighted by molar-refractivity contribution is -0.142. The van der Waals surface area contributed by atoms with Crippen LogP contribution in [0.4, 0.5) is 0 Å². The Morgan fingerprint density at radius 2 is 1.64 bits per heavy atom. The minimum absolute atomic E-state index is 0.0291. The van der Waals surface area contributed by atoms with E-state index in [4.69, 9.17) is 22.9 Å². The molecule has 0 aliphatic heterocycles. The standard InChI is InChI=1S/C19H32N10O6S/c20-10(5-14(21)30)15(31)28-12(4-9-6-24-8-26-9)16(32)29-13(7-36)17(33)27-11(18(34)35)2-1-3-25-19(22)23/h6,8,10-13,36H,1-5,7,20H2,(H2,21,30)(H,24,26)(H,27,33)(H,28,31)(H,29,32)(H,34,35)(H4,22,23,25). The number of amides is 4. The number of rotatable bonds is 16. The van der Waals surface area contributed by atoms with Gasteiger partial charge >= 0.3 is 5.97 Å². The highest BCUT2D eigenvalue weighted by atomic mass is 32.1. The van der Waals surface area contributed by atoms with Gasteiger partial charge in [0.1, 0.15) is 18.1 Å². The van der Waals surface area contributed by atoms with Crippen LogP contribution in [0, 0.1) is 0 Å². The molecule has 13 N–H and O–H groups in total. The molecule has 0 radical (unpaired) electrons. The fourth-order valence-corrected chi connectivity index (χ4v) is 3.17. The number of carboxylic acids is 1. The Morgan fingerprint density at radius 3 is 2.17 bits per heavy atom. The maximum absolute atomic E-state index is 13.0. The van der Waals surface area contributed by atoms with Crippen LogP contribution in [-0.4, -0.2) is 87.1 Å². The highest BCUT2D eigenvalue weighted by Crippen LogP contribution is 2.04. The summed E-state index contributed by atoms with van der Waals surface area (Å²) in [5, 5.41) is 16.6. The molecule has 36 heavy (non-hydrogen) atoms. The zero-order valence-electron chi connectivity index (χ0n) is 19.3. The van der Waals surface area contributed by atoms with Crippen molar-refractivity contribution in [3.63, 3.8) is 0 Å². The first-order valence-electron chi connectivity index (χ1n) is 10.8. The summed E-state index contributed by atoms with van der Waals surface area (Å²) < 4.78 is 0. The Balaban J connectivity index is 2.88. The van der Waals surface area contributed by atoms with Crippen molar-refractivity contribution in [3.8, 4) is 0 Å². The van der Waals surface area contributed by atoms with Crippen LogP contribution in [0.25, 0.3) is 0 Å². The molecular weight excluding hydrogens is 496 g/mol. The van der Waals surface area contributed by atoms with Crippen molar-refractivity contribution < 1.29 is 29.1 Å². The van der Waals surface area contributed by atoms with Crippen molar-refractivity contribution in [2.24, 2.45) is 27.9 Å². The Morgan fingerprint density at radius 1 is 1.03 bits per heavy atom. The molecule has 4 amide bonds. The van der Waals surface area contributed by atoms with Crippen LogP contribution in [0.15, 0.2) is 17.5 Å². The van der Waals surface area contributed by atoms with Crippen LogP contribution in [0.1, 0.15) is 25.0 Å². The van der Waals surface area contributed by atoms with Gasteiger partial charge in [0.2, 0.25) is 23.6 Å². The van der Waals surface area contributed by atoms with Crippen LogP contribution in [-0.2, 0) is 30.4 Å². The second kappa shape index (κ2) is 15.2. The predicted molar refractivity (Wildman–Crippen MR) is 131 cm³/mol. The lowest BCUT2D eigenvalue weighted by Crippen LogP contribution is -2.58. The van der Waals surface area contributed by atoms with E-state index in [0.29, 0.717) is 5.69 Å². The molecule has 0 saturated carbocycles. The number of primary amides is 1. The van der Waals surface area contributed by atoms with Crippen LogP contribution in [0.3, 0.4) is 0 Å². The number of aromatic amines is 1. The van der Waals surface area contributed by atoms with E-state index in [2.05, 4.69) is 43.5 Å². The third kappa shape index (κ3) is 11.0. The summed E-state index contributed by atoms with van der Waals surface area (Å²) in [5.74, 6) is -4.80. The number of guanidine groups is 1. The van der Waals surface area contributed by atoms with Gasteiger partial charge in [0.15, 0.2) is 5.96 Å². The van der Waals surface area contributed by atoms with E-state index in [1.807, 2.05) is 0 Å². The number of aliphatic carboxylic acids is 1. The van der Waals surface area contributed by atoms with Crippen LogP contribution in [0.5, 0.6) is 0 Å². The number of carbonyl (C=O) groups excluding carboxylic acids is 4. The van der Waals surface area contributed by atoms with Crippen molar-refractivity contribution >= 4 is 48.2 Å². The SMILES string of the molecule is NC(=O)CC(N)C(=O)NC(Cc1cnc[nH]1)C(=O)NC(CS)C(=O)NC(CCCN=C(N)N)C(=O)O. The molecule has 4 atom stereocenters. The quantitative estimate of drug-likeness (QED) is 0.0426. The molecule has 1 heterocycles. The molecule has 0 bridgehead atoms. The van der Waals surface area contributed by atoms with Crippen LogP contribution in [0.2, 0.25) is 0 Å². The van der Waals surface area contributed by atoms with Crippen LogP contribution < -0.4 is 38.9 Å². The Kier molecular flexibility index (Phi) is 12.7. The molecule has 200 valence electrons. The van der Waals surface area contributed by atoms with Gasteiger partial charge in [0, 0.05) is 30.6 Å². The van der Waals surface area contributed by atoms with Crippen molar-refractivity contribution in [1.82, 2.24) is 25.9 Å². The van der Waals surface area contributed by atoms with Crippen molar-refractivity contribution in [2.45, 2.75) is 49.9 Å². The summed E-state index contributed by atoms with van der Waals surface area (Å²) >= 11 is 4.07. The fraction of sp³-hybridized carbons (Fsp3) is 0.526. The molecule has 0 fully saturated rings. The van der Waals surface area contributed by atoms with E-state index >= 15 is 0 Å². The number of carboxylic acid groups (broad SMARTS) is 1. The van der Waals surface area contributed by atoms with Gasteiger partial charge in [0.25, 0.3) is 0 Å². The number of aliphatic imine (C=N–C) groups is 1. The number of carbonyl (C=O) groups is 5. The normalized spacial score (nSPS) is 13.9. The maximum Gasteiger partial charge on any atom is 0.326 e. The molecule has 0 aliphatic rings. The van der Waals surface area contributed by atoms with Crippen LogP contribution >= 0.6 is 12.6 Å². The zero-order valence-corrected chi connectivity index (χ0v) is 20.2. The van der Waals surface area contributed by atoms with E-state index in [-0.39, 0.29) is 37.5 Å². The van der Waals surface area contributed by atoms with Crippen molar-refractivity contribution in [3.05, 3.63) is 18.2 Å². The molecule has 16 nitrogen and oxygen atoms in total. The number of aromatic nitrogens is 2. The summed E-state index contributed by atoms with van der Waals surface area (Å²) in [6, 6.07) is -5.01. The summed E-state index contributed by atoms with van der Waals surface area (Å²) in [6.45, 7) is 0.168. The Bertz CT molecular complexity index is 937.